The highest BCUT2D eigenvalue weighted by Gasteiger charge is 2.25. The maximum absolute atomic E-state index is 12.6. The zero-order valence-electron chi connectivity index (χ0n) is 15.6. The van der Waals surface area contributed by atoms with E-state index in [0.717, 1.165) is 24.8 Å². The maximum atomic E-state index is 12.6. The summed E-state index contributed by atoms with van der Waals surface area (Å²) in [5, 5.41) is 2.79. The molecule has 1 heterocycles. The Hall–Kier alpha value is -2.09. The van der Waals surface area contributed by atoms with E-state index in [4.69, 9.17) is 5.73 Å². The summed E-state index contributed by atoms with van der Waals surface area (Å²) in [6, 6.07) is 13.9. The zero-order valence-corrected chi connectivity index (χ0v) is 17.3. The third-order valence-electron chi connectivity index (χ3n) is 4.75. The Kier molecular flexibility index (Phi) is 7.86. The van der Waals surface area contributed by atoms with Crippen LogP contribution in [0.25, 0.3) is 0 Å². The highest BCUT2D eigenvalue weighted by atomic mass is 35.5. The van der Waals surface area contributed by atoms with Gasteiger partial charge in [0.15, 0.2) is 0 Å². The van der Waals surface area contributed by atoms with Gasteiger partial charge in [-0.3, -0.25) is 4.79 Å². The fraction of sp³-hybridized carbons (Fsp3) is 0.350. The highest BCUT2D eigenvalue weighted by Crippen LogP contribution is 2.21. The molecule has 152 valence electrons. The molecule has 3 rings (SSSR count). The minimum absolute atomic E-state index is 0. The summed E-state index contributed by atoms with van der Waals surface area (Å²) in [6.45, 7) is 1.18. The number of nitrogens with zero attached hydrogens (tertiary/aromatic N) is 1. The minimum Gasteiger partial charge on any atom is -0.397 e. The molecule has 0 aliphatic carbocycles. The molecule has 0 unspecified atom stereocenters. The molecule has 6 nitrogen and oxygen atoms in total. The summed E-state index contributed by atoms with van der Waals surface area (Å²) in [7, 11) is -3.42. The molecule has 0 radical (unpaired) electrons. The average Bonchev–Trinajstić information content (AvgIpc) is 2.69. The molecule has 3 N–H and O–H groups in total. The number of nitrogen functional groups attached to an aromatic ring is 1. The molecule has 1 saturated heterocycles. The van der Waals surface area contributed by atoms with Gasteiger partial charge in [-0.05, 0) is 49.1 Å². The van der Waals surface area contributed by atoms with Crippen LogP contribution in [0.15, 0.2) is 53.4 Å². The number of piperidine rings is 1. The lowest BCUT2D eigenvalue weighted by atomic mass is 10.1. The Morgan fingerprint density at radius 2 is 1.64 bits per heavy atom. The Balaban J connectivity index is 0.00000280. The lowest BCUT2D eigenvalue weighted by molar-refractivity contribution is -0.116. The molecule has 2 aromatic carbocycles. The highest BCUT2D eigenvalue weighted by molar-refractivity contribution is 7.89. The van der Waals surface area contributed by atoms with E-state index in [0.29, 0.717) is 42.2 Å². The third-order valence-corrected chi connectivity index (χ3v) is 6.66. The Bertz CT molecular complexity index is 895. The number of rotatable bonds is 6. The smallest absolute Gasteiger partial charge is 0.243 e. The number of sulfonamides is 1. The van der Waals surface area contributed by atoms with Gasteiger partial charge in [0.25, 0.3) is 0 Å². The van der Waals surface area contributed by atoms with E-state index in [9.17, 15) is 13.2 Å². The number of para-hydroxylation sites is 2. The van der Waals surface area contributed by atoms with Crippen molar-refractivity contribution in [1.29, 1.82) is 0 Å². The molecule has 0 atom stereocenters. The lowest BCUT2D eigenvalue weighted by Gasteiger charge is -2.25. The number of aryl methyl sites for hydroxylation is 1. The van der Waals surface area contributed by atoms with Crippen LogP contribution >= 0.6 is 12.4 Å². The standard InChI is InChI=1S/C20H25N3O3S.ClH/c21-18-6-2-3-7-19(18)22-20(24)13-10-16-8-11-17(12-9-16)27(25,26)23-14-4-1-5-15-23;/h2-3,6-9,11-12H,1,4-5,10,13-15,21H2,(H,22,24);1H. The molecule has 1 amide bonds. The van der Waals surface area contributed by atoms with Crippen LogP contribution in [0.3, 0.4) is 0 Å². The maximum Gasteiger partial charge on any atom is 0.243 e. The zero-order chi connectivity index (χ0) is 19.3. The van der Waals surface area contributed by atoms with Crippen molar-refractivity contribution in [3.05, 3.63) is 54.1 Å². The van der Waals surface area contributed by atoms with Crippen molar-refractivity contribution >= 4 is 39.7 Å². The van der Waals surface area contributed by atoms with Crippen LogP contribution in [0.1, 0.15) is 31.2 Å². The second kappa shape index (κ2) is 9.91. The molecular formula is C20H26ClN3O3S. The number of nitrogens with one attached hydrogen (secondary N) is 1. The lowest BCUT2D eigenvalue weighted by Crippen LogP contribution is -2.35. The fourth-order valence-electron chi connectivity index (χ4n) is 3.16. The number of hydrogen-bond donors (Lipinski definition) is 2. The van der Waals surface area contributed by atoms with Gasteiger partial charge in [0.05, 0.1) is 16.3 Å². The third kappa shape index (κ3) is 5.47. The van der Waals surface area contributed by atoms with E-state index in [1.165, 1.54) is 0 Å². The molecule has 1 fully saturated rings. The van der Waals surface area contributed by atoms with Crippen molar-refractivity contribution in [2.45, 2.75) is 37.0 Å². The van der Waals surface area contributed by atoms with Crippen molar-refractivity contribution < 1.29 is 13.2 Å². The number of halogens is 1. The SMILES string of the molecule is Cl.Nc1ccccc1NC(=O)CCc1ccc(S(=O)(=O)N2CCCCC2)cc1. The number of carbonyl (C=O) groups excluding carboxylic acids is 1. The predicted molar refractivity (Wildman–Crippen MR) is 114 cm³/mol. The normalized spacial score (nSPS) is 14.9. The van der Waals surface area contributed by atoms with Crippen LogP contribution in [-0.2, 0) is 21.2 Å². The summed E-state index contributed by atoms with van der Waals surface area (Å²) >= 11 is 0. The van der Waals surface area contributed by atoms with Crippen LogP contribution < -0.4 is 11.1 Å². The average molecular weight is 424 g/mol. The first-order chi connectivity index (χ1) is 13.0. The summed E-state index contributed by atoms with van der Waals surface area (Å²) in [5.41, 5.74) is 7.87. The van der Waals surface area contributed by atoms with Gasteiger partial charge in [0.2, 0.25) is 15.9 Å². The van der Waals surface area contributed by atoms with Gasteiger partial charge in [-0.15, -0.1) is 12.4 Å². The number of nitrogens with two attached hydrogens (primary N) is 1. The molecule has 0 spiro atoms. The van der Waals surface area contributed by atoms with Gasteiger partial charge in [-0.1, -0.05) is 30.7 Å². The Morgan fingerprint density at radius 1 is 1.00 bits per heavy atom. The number of hydrogen-bond acceptors (Lipinski definition) is 4. The van der Waals surface area contributed by atoms with Gasteiger partial charge in [-0.2, -0.15) is 4.31 Å². The van der Waals surface area contributed by atoms with Crippen LogP contribution in [0.4, 0.5) is 11.4 Å². The van der Waals surface area contributed by atoms with Gasteiger partial charge < -0.3 is 11.1 Å². The van der Waals surface area contributed by atoms with Crippen LogP contribution in [0.5, 0.6) is 0 Å². The van der Waals surface area contributed by atoms with E-state index in [1.807, 2.05) is 12.1 Å². The van der Waals surface area contributed by atoms with Crippen LogP contribution in [-0.4, -0.2) is 31.7 Å². The molecule has 0 saturated carbocycles. The van der Waals surface area contributed by atoms with Gasteiger partial charge in [-0.25, -0.2) is 8.42 Å². The molecule has 2 aromatic rings. The van der Waals surface area contributed by atoms with Crippen LogP contribution in [0, 0.1) is 0 Å². The summed E-state index contributed by atoms with van der Waals surface area (Å²) < 4.78 is 26.9. The molecule has 8 heteroatoms. The number of anilines is 2. The van der Waals surface area contributed by atoms with Crippen molar-refractivity contribution in [3.63, 3.8) is 0 Å². The molecule has 1 aliphatic rings. The number of carbonyl (C=O) groups is 1. The van der Waals surface area contributed by atoms with Crippen molar-refractivity contribution in [2.24, 2.45) is 0 Å². The Labute approximate surface area is 172 Å². The van der Waals surface area contributed by atoms with E-state index in [1.54, 1.807) is 40.7 Å². The van der Waals surface area contributed by atoms with Crippen LogP contribution in [0.2, 0.25) is 0 Å². The first kappa shape index (κ1) is 22.2. The van der Waals surface area contributed by atoms with E-state index >= 15 is 0 Å². The quantitative estimate of drug-likeness (QED) is 0.696. The number of amides is 1. The van der Waals surface area contributed by atoms with Gasteiger partial charge in [0.1, 0.15) is 0 Å². The van der Waals surface area contributed by atoms with E-state index < -0.39 is 10.0 Å². The topological polar surface area (TPSA) is 92.5 Å². The molecule has 28 heavy (non-hydrogen) atoms. The predicted octanol–water partition coefficient (Wildman–Crippen LogP) is 3.44. The minimum atomic E-state index is -3.42. The van der Waals surface area contributed by atoms with Crippen molar-refractivity contribution in [2.75, 3.05) is 24.1 Å². The van der Waals surface area contributed by atoms with E-state index in [-0.39, 0.29) is 18.3 Å². The van der Waals surface area contributed by atoms with Gasteiger partial charge in [0, 0.05) is 19.5 Å². The molecular weight excluding hydrogens is 398 g/mol. The van der Waals surface area contributed by atoms with Gasteiger partial charge >= 0.3 is 0 Å². The molecule has 0 aromatic heterocycles. The second-order valence-electron chi connectivity index (χ2n) is 6.74. The second-order valence-corrected chi connectivity index (χ2v) is 8.68. The van der Waals surface area contributed by atoms with E-state index in [2.05, 4.69) is 5.32 Å². The van der Waals surface area contributed by atoms with Crippen molar-refractivity contribution in [3.8, 4) is 0 Å². The first-order valence-electron chi connectivity index (χ1n) is 9.20. The monoisotopic (exact) mass is 423 g/mol. The first-order valence-corrected chi connectivity index (χ1v) is 10.6. The fourth-order valence-corrected chi connectivity index (χ4v) is 4.68. The molecule has 1 aliphatic heterocycles. The summed E-state index contributed by atoms with van der Waals surface area (Å²) in [4.78, 5) is 12.4. The number of benzene rings is 2. The molecule has 0 bridgehead atoms. The largest absolute Gasteiger partial charge is 0.397 e. The summed E-state index contributed by atoms with van der Waals surface area (Å²) in [6.07, 6.45) is 3.74. The Morgan fingerprint density at radius 3 is 2.29 bits per heavy atom. The van der Waals surface area contributed by atoms with Crippen molar-refractivity contribution in [1.82, 2.24) is 4.31 Å². The summed E-state index contributed by atoms with van der Waals surface area (Å²) in [5.74, 6) is -0.127.